The van der Waals surface area contributed by atoms with Gasteiger partial charge in [0.25, 0.3) is 0 Å². The fourth-order valence-electron chi connectivity index (χ4n) is 2.35. The number of hydrogen-bond acceptors (Lipinski definition) is 3. The summed E-state index contributed by atoms with van der Waals surface area (Å²) in [4.78, 5) is 7.21. The number of hydrogen-bond donors (Lipinski definition) is 1. The number of rotatable bonds is 6. The van der Waals surface area contributed by atoms with Gasteiger partial charge in [-0.1, -0.05) is 12.1 Å². The van der Waals surface area contributed by atoms with E-state index in [1.807, 2.05) is 23.7 Å². The van der Waals surface area contributed by atoms with E-state index in [-0.39, 0.29) is 0 Å². The molecule has 2 heterocycles. The fraction of sp³-hybridized carbons (Fsp3) is 0.312. The van der Waals surface area contributed by atoms with Gasteiger partial charge in [0, 0.05) is 22.8 Å². The Balaban J connectivity index is 1.46. The van der Waals surface area contributed by atoms with Crippen molar-refractivity contribution in [3.63, 3.8) is 0 Å². The molecule has 3 nitrogen and oxygen atoms in total. The van der Waals surface area contributed by atoms with Crippen molar-refractivity contribution in [1.29, 1.82) is 0 Å². The molecule has 20 heavy (non-hydrogen) atoms. The van der Waals surface area contributed by atoms with Crippen LogP contribution in [0.25, 0.3) is 11.0 Å². The summed E-state index contributed by atoms with van der Waals surface area (Å²) in [6, 6.07) is 12.7. The number of para-hydroxylation sites is 2. The Labute approximate surface area is 123 Å². The normalized spacial score (nSPS) is 11.2. The van der Waals surface area contributed by atoms with Crippen LogP contribution in [0.2, 0.25) is 0 Å². The van der Waals surface area contributed by atoms with E-state index in [1.54, 1.807) is 0 Å². The number of imidazole rings is 1. The third-order valence-electron chi connectivity index (χ3n) is 3.38. The minimum absolute atomic E-state index is 0.975. The predicted octanol–water partition coefficient (Wildman–Crippen LogP) is 3.59. The van der Waals surface area contributed by atoms with E-state index in [4.69, 9.17) is 0 Å². The van der Waals surface area contributed by atoms with E-state index >= 15 is 0 Å². The second-order valence-electron chi connectivity index (χ2n) is 4.97. The van der Waals surface area contributed by atoms with Gasteiger partial charge in [-0.05, 0) is 44.2 Å². The van der Waals surface area contributed by atoms with Crippen LogP contribution in [0, 0.1) is 6.92 Å². The molecule has 1 aromatic carbocycles. The third kappa shape index (κ3) is 3.08. The van der Waals surface area contributed by atoms with Crippen molar-refractivity contribution < 1.29 is 0 Å². The first kappa shape index (κ1) is 13.3. The molecular weight excluding hydrogens is 266 g/mol. The molecule has 0 saturated carbocycles. The second-order valence-corrected chi connectivity index (χ2v) is 6.34. The maximum Gasteiger partial charge on any atom is 0.0958 e. The Kier molecular flexibility index (Phi) is 4.14. The third-order valence-corrected chi connectivity index (χ3v) is 4.38. The maximum atomic E-state index is 4.41. The molecule has 0 amide bonds. The lowest BCUT2D eigenvalue weighted by molar-refractivity contribution is 0.591. The number of thiophene rings is 1. The van der Waals surface area contributed by atoms with E-state index in [1.165, 1.54) is 15.3 Å². The summed E-state index contributed by atoms with van der Waals surface area (Å²) in [7, 11) is 0. The van der Waals surface area contributed by atoms with Crippen molar-refractivity contribution in [2.45, 2.75) is 26.4 Å². The van der Waals surface area contributed by atoms with Gasteiger partial charge in [-0.15, -0.1) is 11.3 Å². The molecule has 4 heteroatoms. The number of aromatic nitrogens is 2. The Morgan fingerprint density at radius 3 is 2.95 bits per heavy atom. The van der Waals surface area contributed by atoms with Gasteiger partial charge in [0.1, 0.15) is 0 Å². The van der Waals surface area contributed by atoms with Gasteiger partial charge in [0.05, 0.1) is 17.4 Å². The molecule has 0 radical (unpaired) electrons. The van der Waals surface area contributed by atoms with Gasteiger partial charge >= 0.3 is 0 Å². The maximum absolute atomic E-state index is 4.41. The van der Waals surface area contributed by atoms with Crippen molar-refractivity contribution in [2.24, 2.45) is 0 Å². The quantitative estimate of drug-likeness (QED) is 0.701. The molecule has 0 unspecified atom stereocenters. The molecule has 3 aromatic rings. The molecule has 0 fully saturated rings. The zero-order valence-corrected chi connectivity index (χ0v) is 12.5. The second kappa shape index (κ2) is 6.20. The SMILES string of the molecule is Cc1ccc(CNCCCn2cnc3ccccc32)s1. The van der Waals surface area contributed by atoms with Crippen LogP contribution in [0.5, 0.6) is 0 Å². The minimum Gasteiger partial charge on any atom is -0.331 e. The molecular formula is C16H19N3S. The largest absolute Gasteiger partial charge is 0.331 e. The van der Waals surface area contributed by atoms with E-state index in [0.717, 1.165) is 31.6 Å². The first-order valence-corrected chi connectivity index (χ1v) is 7.80. The molecule has 0 bridgehead atoms. The average Bonchev–Trinajstić information content (AvgIpc) is 3.05. The van der Waals surface area contributed by atoms with Crippen molar-refractivity contribution in [3.05, 3.63) is 52.5 Å². The molecule has 2 aromatic heterocycles. The van der Waals surface area contributed by atoms with E-state index in [0.29, 0.717) is 0 Å². The Hall–Kier alpha value is -1.65. The highest BCUT2D eigenvalue weighted by molar-refractivity contribution is 7.11. The van der Waals surface area contributed by atoms with Gasteiger partial charge in [0.15, 0.2) is 0 Å². The van der Waals surface area contributed by atoms with Crippen molar-refractivity contribution >= 4 is 22.4 Å². The minimum atomic E-state index is 0.975. The summed E-state index contributed by atoms with van der Waals surface area (Å²) >= 11 is 1.87. The van der Waals surface area contributed by atoms with Gasteiger partial charge in [-0.2, -0.15) is 0 Å². The van der Waals surface area contributed by atoms with Crippen LogP contribution >= 0.6 is 11.3 Å². The molecule has 104 valence electrons. The van der Waals surface area contributed by atoms with Crippen LogP contribution in [-0.4, -0.2) is 16.1 Å². The molecule has 0 atom stereocenters. The number of aryl methyl sites for hydroxylation is 2. The van der Waals surface area contributed by atoms with Crippen LogP contribution in [0.3, 0.4) is 0 Å². The topological polar surface area (TPSA) is 29.9 Å². The zero-order chi connectivity index (χ0) is 13.8. The van der Waals surface area contributed by atoms with Crippen molar-refractivity contribution in [2.75, 3.05) is 6.54 Å². The standard InChI is InChI=1S/C16H19N3S/c1-13-7-8-14(20-13)11-17-9-4-10-19-12-18-15-5-2-3-6-16(15)19/h2-3,5-8,12,17H,4,9-11H2,1H3. The smallest absolute Gasteiger partial charge is 0.0958 e. The monoisotopic (exact) mass is 285 g/mol. The lowest BCUT2D eigenvalue weighted by atomic mass is 10.3. The van der Waals surface area contributed by atoms with E-state index < -0.39 is 0 Å². The summed E-state index contributed by atoms with van der Waals surface area (Å²) in [5.41, 5.74) is 2.30. The van der Waals surface area contributed by atoms with E-state index in [9.17, 15) is 0 Å². The lowest BCUT2D eigenvalue weighted by Gasteiger charge is -2.05. The summed E-state index contributed by atoms with van der Waals surface area (Å²) < 4.78 is 2.23. The highest BCUT2D eigenvalue weighted by Gasteiger charge is 2.01. The predicted molar refractivity (Wildman–Crippen MR) is 85.1 cm³/mol. The number of fused-ring (bicyclic) bond motifs is 1. The van der Waals surface area contributed by atoms with Gasteiger partial charge in [-0.25, -0.2) is 4.98 Å². The summed E-state index contributed by atoms with van der Waals surface area (Å²) in [5.74, 6) is 0. The summed E-state index contributed by atoms with van der Waals surface area (Å²) in [5, 5.41) is 3.50. The van der Waals surface area contributed by atoms with Crippen LogP contribution in [0.4, 0.5) is 0 Å². The highest BCUT2D eigenvalue weighted by Crippen LogP contribution is 2.14. The van der Waals surface area contributed by atoms with Crippen LogP contribution in [-0.2, 0) is 13.1 Å². The number of nitrogens with one attached hydrogen (secondary N) is 1. The molecule has 0 spiro atoms. The van der Waals surface area contributed by atoms with Crippen LogP contribution in [0.1, 0.15) is 16.2 Å². The Bertz CT molecular complexity index is 684. The zero-order valence-electron chi connectivity index (χ0n) is 11.7. The van der Waals surface area contributed by atoms with Gasteiger partial charge < -0.3 is 9.88 Å². The highest BCUT2D eigenvalue weighted by atomic mass is 32.1. The molecule has 0 aliphatic heterocycles. The van der Waals surface area contributed by atoms with Crippen molar-refractivity contribution in [1.82, 2.24) is 14.9 Å². The summed E-state index contributed by atoms with van der Waals surface area (Å²) in [6.45, 7) is 5.17. The van der Waals surface area contributed by atoms with Gasteiger partial charge in [0.2, 0.25) is 0 Å². The van der Waals surface area contributed by atoms with Gasteiger partial charge in [-0.3, -0.25) is 0 Å². The Morgan fingerprint density at radius 2 is 2.10 bits per heavy atom. The molecule has 0 aliphatic carbocycles. The first-order valence-electron chi connectivity index (χ1n) is 6.99. The summed E-state index contributed by atoms with van der Waals surface area (Å²) in [6.07, 6.45) is 3.05. The van der Waals surface area contributed by atoms with Crippen molar-refractivity contribution in [3.8, 4) is 0 Å². The molecule has 0 aliphatic rings. The average molecular weight is 285 g/mol. The molecule has 0 saturated heterocycles. The number of nitrogens with zero attached hydrogens (tertiary/aromatic N) is 2. The molecule has 3 rings (SSSR count). The van der Waals surface area contributed by atoms with E-state index in [2.05, 4.69) is 52.1 Å². The number of benzene rings is 1. The Morgan fingerprint density at radius 1 is 1.20 bits per heavy atom. The van der Waals surface area contributed by atoms with Crippen LogP contribution < -0.4 is 5.32 Å². The molecule has 1 N–H and O–H groups in total. The van der Waals surface area contributed by atoms with Crippen LogP contribution in [0.15, 0.2) is 42.7 Å². The first-order chi connectivity index (χ1) is 9.83. The lowest BCUT2D eigenvalue weighted by Crippen LogP contribution is -2.15. The fourth-order valence-corrected chi connectivity index (χ4v) is 3.21.